The molecule has 18 heavy (non-hydrogen) atoms. The molecule has 1 aromatic carbocycles. The molecule has 0 radical (unpaired) electrons. The highest BCUT2D eigenvalue weighted by atomic mass is 79.9. The molecule has 4 heteroatoms. The molecule has 2 nitrogen and oxygen atoms in total. The van der Waals surface area contributed by atoms with E-state index in [1.54, 1.807) is 0 Å². The molecular formula is C14H20BrClN2. The average molecular weight is 332 g/mol. The van der Waals surface area contributed by atoms with Crippen molar-refractivity contribution in [1.29, 1.82) is 0 Å². The van der Waals surface area contributed by atoms with E-state index in [0.29, 0.717) is 6.54 Å². The molecule has 2 rings (SSSR count). The third-order valence-corrected chi connectivity index (χ3v) is 4.50. The fourth-order valence-electron chi connectivity index (χ4n) is 2.35. The van der Waals surface area contributed by atoms with Crippen LogP contribution in [0, 0.1) is 5.92 Å². The van der Waals surface area contributed by atoms with Crippen molar-refractivity contribution in [3.8, 4) is 0 Å². The van der Waals surface area contributed by atoms with Gasteiger partial charge in [-0.3, -0.25) is 4.90 Å². The summed E-state index contributed by atoms with van der Waals surface area (Å²) in [5, 5.41) is 0.756. The second kappa shape index (κ2) is 6.38. The number of hydrogen-bond acceptors (Lipinski definition) is 2. The summed E-state index contributed by atoms with van der Waals surface area (Å²) in [6.45, 7) is 5.04. The Balaban J connectivity index is 2.18. The van der Waals surface area contributed by atoms with E-state index in [2.05, 4.69) is 33.8 Å². The number of nitrogens with two attached hydrogens (primary N) is 1. The summed E-state index contributed by atoms with van der Waals surface area (Å²) in [6, 6.07) is 6.25. The fraction of sp³-hybridized carbons (Fsp3) is 0.571. The minimum absolute atomic E-state index is 0.280. The predicted molar refractivity (Wildman–Crippen MR) is 80.9 cm³/mol. The molecule has 0 amide bonds. The van der Waals surface area contributed by atoms with Crippen LogP contribution in [0.1, 0.15) is 31.4 Å². The zero-order valence-electron chi connectivity index (χ0n) is 10.7. The van der Waals surface area contributed by atoms with Crippen LogP contribution >= 0.6 is 27.5 Å². The summed E-state index contributed by atoms with van der Waals surface area (Å²) in [5.41, 5.74) is 7.23. The summed E-state index contributed by atoms with van der Waals surface area (Å²) in [4.78, 5) is 2.48. The number of halogens is 2. The molecule has 0 aromatic heterocycles. The number of hydrogen-bond donors (Lipinski definition) is 1. The average Bonchev–Trinajstić information content (AvgIpc) is 3.15. The van der Waals surface area contributed by atoms with E-state index in [-0.39, 0.29) is 6.04 Å². The minimum Gasteiger partial charge on any atom is -0.329 e. The molecule has 0 bridgehead atoms. The Morgan fingerprint density at radius 2 is 2.22 bits per heavy atom. The van der Waals surface area contributed by atoms with Crippen LogP contribution < -0.4 is 5.73 Å². The molecule has 1 unspecified atom stereocenters. The van der Waals surface area contributed by atoms with E-state index in [1.165, 1.54) is 18.4 Å². The fourth-order valence-corrected chi connectivity index (χ4v) is 3.30. The molecular weight excluding hydrogens is 312 g/mol. The zero-order chi connectivity index (χ0) is 13.1. The Hall–Kier alpha value is -0.0900. The topological polar surface area (TPSA) is 29.3 Å². The molecule has 1 fully saturated rings. The van der Waals surface area contributed by atoms with Crippen LogP contribution in [0.15, 0.2) is 22.7 Å². The SMILES string of the molecule is CCN(CC1CC1)C(CN)c1ccc(Cl)cc1Br. The number of rotatable bonds is 6. The van der Waals surface area contributed by atoms with Crippen molar-refractivity contribution in [2.45, 2.75) is 25.8 Å². The van der Waals surface area contributed by atoms with E-state index >= 15 is 0 Å². The number of nitrogens with zero attached hydrogens (tertiary/aromatic N) is 1. The van der Waals surface area contributed by atoms with Crippen LogP contribution in [-0.4, -0.2) is 24.5 Å². The van der Waals surface area contributed by atoms with Gasteiger partial charge in [0.2, 0.25) is 0 Å². The Morgan fingerprint density at radius 3 is 2.72 bits per heavy atom. The molecule has 1 saturated carbocycles. The summed E-state index contributed by atoms with van der Waals surface area (Å²) in [6.07, 6.45) is 2.74. The Kier molecular flexibility index (Phi) is 5.07. The van der Waals surface area contributed by atoms with E-state index in [1.807, 2.05) is 12.1 Å². The maximum atomic E-state index is 6.00. The van der Waals surface area contributed by atoms with Gasteiger partial charge < -0.3 is 5.73 Å². The van der Waals surface area contributed by atoms with Gasteiger partial charge in [-0.15, -0.1) is 0 Å². The van der Waals surface area contributed by atoms with Gasteiger partial charge in [-0.1, -0.05) is 40.5 Å². The molecule has 1 atom stereocenters. The standard InChI is InChI=1S/C14H20BrClN2/c1-2-18(9-10-3-4-10)14(8-17)12-6-5-11(16)7-13(12)15/h5-7,10,14H,2-4,8-9,17H2,1H3. The van der Waals surface area contributed by atoms with Crippen LogP contribution in [0.25, 0.3) is 0 Å². The van der Waals surface area contributed by atoms with Gasteiger partial charge in [0.05, 0.1) is 0 Å². The highest BCUT2D eigenvalue weighted by Gasteiger charge is 2.28. The maximum absolute atomic E-state index is 6.00. The minimum atomic E-state index is 0.280. The van der Waals surface area contributed by atoms with Crippen LogP contribution in [0.4, 0.5) is 0 Å². The molecule has 0 saturated heterocycles. The lowest BCUT2D eigenvalue weighted by Crippen LogP contribution is -2.35. The lowest BCUT2D eigenvalue weighted by molar-refractivity contribution is 0.203. The first-order chi connectivity index (χ1) is 8.65. The van der Waals surface area contributed by atoms with Crippen LogP contribution in [0.3, 0.4) is 0 Å². The highest BCUT2D eigenvalue weighted by molar-refractivity contribution is 9.10. The van der Waals surface area contributed by atoms with Gasteiger partial charge in [0.1, 0.15) is 0 Å². The Labute approximate surface area is 123 Å². The Morgan fingerprint density at radius 1 is 1.50 bits per heavy atom. The molecule has 0 aliphatic heterocycles. The third kappa shape index (κ3) is 3.47. The largest absolute Gasteiger partial charge is 0.329 e. The maximum Gasteiger partial charge on any atom is 0.0481 e. The van der Waals surface area contributed by atoms with Crippen molar-refractivity contribution in [3.63, 3.8) is 0 Å². The van der Waals surface area contributed by atoms with Crippen molar-refractivity contribution >= 4 is 27.5 Å². The van der Waals surface area contributed by atoms with E-state index in [0.717, 1.165) is 28.5 Å². The molecule has 1 aliphatic carbocycles. The summed E-state index contributed by atoms with van der Waals surface area (Å²) < 4.78 is 1.06. The van der Waals surface area contributed by atoms with E-state index in [4.69, 9.17) is 17.3 Å². The highest BCUT2D eigenvalue weighted by Crippen LogP contribution is 2.34. The first-order valence-electron chi connectivity index (χ1n) is 6.54. The lowest BCUT2D eigenvalue weighted by Gasteiger charge is -2.31. The second-order valence-corrected chi connectivity index (χ2v) is 6.24. The van der Waals surface area contributed by atoms with Gasteiger partial charge in [0.25, 0.3) is 0 Å². The van der Waals surface area contributed by atoms with Gasteiger partial charge in [-0.25, -0.2) is 0 Å². The quantitative estimate of drug-likeness (QED) is 0.858. The summed E-state index contributed by atoms with van der Waals surface area (Å²) >= 11 is 9.60. The van der Waals surface area contributed by atoms with Gasteiger partial charge >= 0.3 is 0 Å². The molecule has 100 valence electrons. The number of likely N-dealkylation sites (N-methyl/N-ethyl adjacent to an activating group) is 1. The third-order valence-electron chi connectivity index (χ3n) is 3.58. The summed E-state index contributed by atoms with van der Waals surface area (Å²) in [5.74, 6) is 0.880. The number of benzene rings is 1. The van der Waals surface area contributed by atoms with Crippen LogP contribution in [0.5, 0.6) is 0 Å². The van der Waals surface area contributed by atoms with Crippen molar-refractivity contribution in [2.24, 2.45) is 11.7 Å². The van der Waals surface area contributed by atoms with E-state index in [9.17, 15) is 0 Å². The first-order valence-corrected chi connectivity index (χ1v) is 7.71. The predicted octanol–water partition coefficient (Wildman–Crippen LogP) is 3.83. The van der Waals surface area contributed by atoms with Gasteiger partial charge in [-0.2, -0.15) is 0 Å². The van der Waals surface area contributed by atoms with Crippen molar-refractivity contribution in [3.05, 3.63) is 33.3 Å². The van der Waals surface area contributed by atoms with Crippen LogP contribution in [-0.2, 0) is 0 Å². The van der Waals surface area contributed by atoms with Gasteiger partial charge in [0, 0.05) is 28.6 Å². The summed E-state index contributed by atoms with van der Waals surface area (Å²) in [7, 11) is 0. The molecule has 2 N–H and O–H groups in total. The molecule has 0 heterocycles. The molecule has 1 aliphatic rings. The molecule has 0 spiro atoms. The smallest absolute Gasteiger partial charge is 0.0481 e. The van der Waals surface area contributed by atoms with Crippen molar-refractivity contribution < 1.29 is 0 Å². The van der Waals surface area contributed by atoms with Crippen molar-refractivity contribution in [1.82, 2.24) is 4.90 Å². The van der Waals surface area contributed by atoms with Crippen LogP contribution in [0.2, 0.25) is 5.02 Å². The monoisotopic (exact) mass is 330 g/mol. The van der Waals surface area contributed by atoms with Gasteiger partial charge in [0.15, 0.2) is 0 Å². The normalized spacial score (nSPS) is 17.2. The molecule has 1 aromatic rings. The zero-order valence-corrected chi connectivity index (χ0v) is 13.0. The second-order valence-electron chi connectivity index (χ2n) is 4.95. The lowest BCUT2D eigenvalue weighted by atomic mass is 10.0. The van der Waals surface area contributed by atoms with Crippen molar-refractivity contribution in [2.75, 3.05) is 19.6 Å². The van der Waals surface area contributed by atoms with Gasteiger partial charge in [-0.05, 0) is 43.0 Å². The van der Waals surface area contributed by atoms with E-state index < -0.39 is 0 Å². The first kappa shape index (κ1) is 14.3. The Bertz CT molecular complexity index is 407.